The van der Waals surface area contributed by atoms with E-state index in [9.17, 15) is 0 Å². The molecule has 0 saturated carbocycles. The van der Waals surface area contributed by atoms with Crippen molar-refractivity contribution in [3.05, 3.63) is 18.4 Å². The van der Waals surface area contributed by atoms with Gasteiger partial charge in [0.25, 0.3) is 0 Å². The predicted octanol–water partition coefficient (Wildman–Crippen LogP) is 0.880. The third kappa shape index (κ3) is 1.75. The highest BCUT2D eigenvalue weighted by Crippen LogP contribution is 2.17. The fraction of sp³-hybridized carbons (Fsp3) is 0.444. The zero-order valence-electron chi connectivity index (χ0n) is 8.71. The van der Waals surface area contributed by atoms with E-state index >= 15 is 0 Å². The van der Waals surface area contributed by atoms with Crippen molar-refractivity contribution in [3.63, 3.8) is 0 Å². The maximum atomic E-state index is 5.78. The molecule has 6 nitrogen and oxygen atoms in total. The monoisotopic (exact) mass is 207 g/mol. The maximum absolute atomic E-state index is 5.78. The first kappa shape index (κ1) is 9.85. The maximum Gasteiger partial charge on any atom is 0.243 e. The van der Waals surface area contributed by atoms with Gasteiger partial charge in [-0.1, -0.05) is 12.1 Å². The van der Waals surface area contributed by atoms with E-state index in [2.05, 4.69) is 15.1 Å². The minimum atomic E-state index is -0.195. The van der Waals surface area contributed by atoms with Crippen LogP contribution >= 0.6 is 0 Å². The van der Waals surface area contributed by atoms with Gasteiger partial charge < -0.3 is 14.8 Å². The van der Waals surface area contributed by atoms with Gasteiger partial charge in [0.15, 0.2) is 0 Å². The molecule has 0 saturated heterocycles. The van der Waals surface area contributed by atoms with Gasteiger partial charge in [-0.25, -0.2) is 4.98 Å². The van der Waals surface area contributed by atoms with Crippen LogP contribution in [0.4, 0.5) is 0 Å². The molecule has 0 fully saturated rings. The average Bonchev–Trinajstić information content (AvgIpc) is 2.84. The number of nitrogens with zero attached hydrogens (tertiary/aromatic N) is 4. The molecule has 0 aliphatic rings. The number of imidazole rings is 1. The highest BCUT2D eigenvalue weighted by Gasteiger charge is 2.15. The molecule has 2 aromatic heterocycles. The smallest absolute Gasteiger partial charge is 0.243 e. The number of hydrogen-bond acceptors (Lipinski definition) is 5. The fourth-order valence-electron chi connectivity index (χ4n) is 1.24. The molecule has 1 atom stereocenters. The molecule has 2 rings (SSSR count). The molecule has 2 aromatic rings. The van der Waals surface area contributed by atoms with E-state index in [-0.39, 0.29) is 6.04 Å². The van der Waals surface area contributed by atoms with Crippen LogP contribution in [0.15, 0.2) is 17.0 Å². The zero-order valence-corrected chi connectivity index (χ0v) is 8.71. The summed E-state index contributed by atoms with van der Waals surface area (Å²) >= 11 is 0. The Balaban J connectivity index is 2.32. The molecule has 0 spiro atoms. The Morgan fingerprint density at radius 2 is 2.40 bits per heavy atom. The molecule has 0 amide bonds. The first-order valence-electron chi connectivity index (χ1n) is 4.78. The molecule has 0 unspecified atom stereocenters. The van der Waals surface area contributed by atoms with Crippen LogP contribution in [0, 0.1) is 0 Å². The van der Waals surface area contributed by atoms with Gasteiger partial charge >= 0.3 is 0 Å². The van der Waals surface area contributed by atoms with Crippen molar-refractivity contribution in [2.24, 2.45) is 12.8 Å². The van der Waals surface area contributed by atoms with E-state index in [1.54, 1.807) is 12.5 Å². The van der Waals surface area contributed by atoms with Crippen molar-refractivity contribution < 1.29 is 4.52 Å². The van der Waals surface area contributed by atoms with Crippen LogP contribution in [0.1, 0.15) is 25.3 Å². The molecule has 0 aromatic carbocycles. The van der Waals surface area contributed by atoms with Crippen molar-refractivity contribution in [3.8, 4) is 11.5 Å². The molecule has 0 aliphatic heterocycles. The van der Waals surface area contributed by atoms with E-state index < -0.39 is 0 Å². The van der Waals surface area contributed by atoms with Crippen LogP contribution in [0.2, 0.25) is 0 Å². The zero-order chi connectivity index (χ0) is 10.8. The minimum Gasteiger partial charge on any atom is -0.337 e. The molecule has 0 aliphatic carbocycles. The summed E-state index contributed by atoms with van der Waals surface area (Å²) in [6.07, 6.45) is 4.14. The Morgan fingerprint density at radius 3 is 3.00 bits per heavy atom. The summed E-state index contributed by atoms with van der Waals surface area (Å²) in [5, 5.41) is 3.86. The third-order valence-electron chi connectivity index (χ3n) is 2.24. The van der Waals surface area contributed by atoms with Gasteiger partial charge in [-0.05, 0) is 6.42 Å². The van der Waals surface area contributed by atoms with Crippen molar-refractivity contribution in [2.75, 3.05) is 0 Å². The summed E-state index contributed by atoms with van der Waals surface area (Å²) in [6.45, 7) is 1.97. The van der Waals surface area contributed by atoms with Gasteiger partial charge in [0.05, 0.1) is 18.6 Å². The number of aryl methyl sites for hydroxylation is 1. The van der Waals surface area contributed by atoms with Gasteiger partial charge in [-0.3, -0.25) is 0 Å². The van der Waals surface area contributed by atoms with Gasteiger partial charge in [-0.2, -0.15) is 4.98 Å². The summed E-state index contributed by atoms with van der Waals surface area (Å²) in [6, 6.07) is -0.195. The van der Waals surface area contributed by atoms with Crippen LogP contribution in [0.25, 0.3) is 11.5 Å². The lowest BCUT2D eigenvalue weighted by molar-refractivity contribution is 0.352. The van der Waals surface area contributed by atoms with Crippen LogP contribution in [-0.4, -0.2) is 19.7 Å². The van der Waals surface area contributed by atoms with E-state index in [0.29, 0.717) is 11.7 Å². The second kappa shape index (κ2) is 3.82. The Kier molecular flexibility index (Phi) is 2.51. The molecule has 0 bridgehead atoms. The van der Waals surface area contributed by atoms with Gasteiger partial charge in [0.2, 0.25) is 11.7 Å². The quantitative estimate of drug-likeness (QED) is 0.807. The highest BCUT2D eigenvalue weighted by molar-refractivity contribution is 5.47. The summed E-state index contributed by atoms with van der Waals surface area (Å²) in [5.41, 5.74) is 6.59. The lowest BCUT2D eigenvalue weighted by atomic mass is 10.2. The van der Waals surface area contributed by atoms with Crippen molar-refractivity contribution >= 4 is 0 Å². The molecular formula is C9H13N5O. The number of rotatable bonds is 3. The van der Waals surface area contributed by atoms with E-state index in [1.165, 1.54) is 0 Å². The standard InChI is InChI=1S/C9H13N5O/c1-3-6(10)9-12-8(13-15-9)7-4-11-5-14(7)2/h4-6H,3,10H2,1-2H3/t6-/m1/s1. The SMILES string of the molecule is CC[C@@H](N)c1nc(-c2cncn2C)no1. The highest BCUT2D eigenvalue weighted by atomic mass is 16.5. The molecule has 6 heteroatoms. The first-order valence-corrected chi connectivity index (χ1v) is 4.78. The predicted molar refractivity (Wildman–Crippen MR) is 53.7 cm³/mol. The number of nitrogens with two attached hydrogens (primary N) is 1. The second-order valence-electron chi connectivity index (χ2n) is 3.36. The van der Waals surface area contributed by atoms with Crippen LogP contribution in [-0.2, 0) is 7.05 Å². The minimum absolute atomic E-state index is 0.195. The molecule has 2 heterocycles. The third-order valence-corrected chi connectivity index (χ3v) is 2.24. The molecule has 15 heavy (non-hydrogen) atoms. The van der Waals surface area contributed by atoms with Crippen molar-refractivity contribution in [1.82, 2.24) is 19.7 Å². The molecular weight excluding hydrogens is 194 g/mol. The summed E-state index contributed by atoms with van der Waals surface area (Å²) in [7, 11) is 1.87. The van der Waals surface area contributed by atoms with Crippen molar-refractivity contribution in [2.45, 2.75) is 19.4 Å². The Bertz CT molecular complexity index is 447. The Labute approximate surface area is 87.1 Å². The summed E-state index contributed by atoms with van der Waals surface area (Å²) in [5.74, 6) is 0.989. The van der Waals surface area contributed by atoms with Crippen LogP contribution in [0.5, 0.6) is 0 Å². The molecule has 80 valence electrons. The van der Waals surface area contributed by atoms with Gasteiger partial charge in [0.1, 0.15) is 5.69 Å². The largest absolute Gasteiger partial charge is 0.337 e. The van der Waals surface area contributed by atoms with Crippen LogP contribution in [0.3, 0.4) is 0 Å². The van der Waals surface area contributed by atoms with Gasteiger partial charge in [-0.15, -0.1) is 0 Å². The van der Waals surface area contributed by atoms with Crippen molar-refractivity contribution in [1.29, 1.82) is 0 Å². The van der Waals surface area contributed by atoms with Gasteiger partial charge in [0, 0.05) is 7.05 Å². The number of hydrogen-bond donors (Lipinski definition) is 1. The normalized spacial score (nSPS) is 13.0. The fourth-order valence-corrected chi connectivity index (χ4v) is 1.24. The van der Waals surface area contributed by atoms with E-state index in [1.807, 2.05) is 18.5 Å². The second-order valence-corrected chi connectivity index (χ2v) is 3.36. The lowest BCUT2D eigenvalue weighted by Crippen LogP contribution is -2.08. The van der Waals surface area contributed by atoms with E-state index in [4.69, 9.17) is 10.3 Å². The Morgan fingerprint density at radius 1 is 1.60 bits per heavy atom. The summed E-state index contributed by atoms with van der Waals surface area (Å²) < 4.78 is 6.89. The van der Waals surface area contributed by atoms with Crippen LogP contribution < -0.4 is 5.73 Å². The first-order chi connectivity index (χ1) is 7.22. The topological polar surface area (TPSA) is 82.8 Å². The number of aromatic nitrogens is 4. The summed E-state index contributed by atoms with van der Waals surface area (Å²) in [4.78, 5) is 8.20. The molecule has 2 N–H and O–H groups in total. The Hall–Kier alpha value is -1.69. The lowest BCUT2D eigenvalue weighted by Gasteiger charge is -1.99. The molecule has 0 radical (unpaired) electrons. The van der Waals surface area contributed by atoms with E-state index in [0.717, 1.165) is 12.1 Å². The average molecular weight is 207 g/mol.